The van der Waals surface area contributed by atoms with Crippen LogP contribution in [0.15, 0.2) is 63.3 Å². The third-order valence-corrected chi connectivity index (χ3v) is 7.72. The van der Waals surface area contributed by atoms with Crippen LogP contribution >= 0.6 is 11.3 Å². The van der Waals surface area contributed by atoms with Crippen LogP contribution in [-0.4, -0.2) is 39.8 Å². The lowest BCUT2D eigenvalue weighted by molar-refractivity contribution is 0.394. The van der Waals surface area contributed by atoms with E-state index in [1.54, 1.807) is 49.9 Å². The first-order valence-corrected chi connectivity index (χ1v) is 11.9. The molecule has 4 rings (SSSR count). The molecular formula is C22H21N3O5S2. The zero-order chi connectivity index (χ0) is 22.9. The van der Waals surface area contributed by atoms with E-state index in [1.165, 1.54) is 22.7 Å². The molecule has 0 aliphatic heterocycles. The lowest BCUT2D eigenvalue weighted by Crippen LogP contribution is -2.26. The summed E-state index contributed by atoms with van der Waals surface area (Å²) >= 11 is 1.22. The monoisotopic (exact) mass is 471 g/mol. The Balaban J connectivity index is 1.72. The largest absolute Gasteiger partial charge is 0.497 e. The van der Waals surface area contributed by atoms with E-state index in [-0.39, 0.29) is 10.8 Å². The molecule has 0 saturated heterocycles. The Morgan fingerprint density at radius 3 is 2.41 bits per heavy atom. The highest BCUT2D eigenvalue weighted by atomic mass is 32.2. The number of aromatic nitrogens is 2. The van der Waals surface area contributed by atoms with Crippen LogP contribution in [0.4, 0.5) is 5.69 Å². The van der Waals surface area contributed by atoms with Crippen LogP contribution in [0, 0.1) is 6.92 Å². The van der Waals surface area contributed by atoms with Gasteiger partial charge in [0, 0.05) is 18.7 Å². The van der Waals surface area contributed by atoms with E-state index in [9.17, 15) is 8.42 Å². The van der Waals surface area contributed by atoms with Crippen molar-refractivity contribution in [3.63, 3.8) is 0 Å². The third kappa shape index (κ3) is 4.06. The highest BCUT2D eigenvalue weighted by Crippen LogP contribution is 2.36. The summed E-state index contributed by atoms with van der Waals surface area (Å²) in [4.78, 5) is 4.91. The predicted octanol–water partition coefficient (Wildman–Crippen LogP) is 4.62. The number of anilines is 1. The molecule has 0 unspecified atom stereocenters. The number of rotatable bonds is 7. The summed E-state index contributed by atoms with van der Waals surface area (Å²) in [7, 11) is 0.775. The van der Waals surface area contributed by atoms with Crippen molar-refractivity contribution >= 4 is 27.0 Å². The van der Waals surface area contributed by atoms with Crippen LogP contribution in [0.2, 0.25) is 0 Å². The van der Waals surface area contributed by atoms with Crippen LogP contribution < -0.4 is 13.8 Å². The molecule has 8 nitrogen and oxygen atoms in total. The van der Waals surface area contributed by atoms with Crippen molar-refractivity contribution in [2.45, 2.75) is 11.8 Å². The first-order valence-electron chi connectivity index (χ1n) is 9.54. The second-order valence-corrected chi connectivity index (χ2v) is 9.80. The van der Waals surface area contributed by atoms with E-state index in [2.05, 4.69) is 10.1 Å². The lowest BCUT2D eigenvalue weighted by atomic mass is 10.2. The van der Waals surface area contributed by atoms with E-state index in [0.29, 0.717) is 33.5 Å². The van der Waals surface area contributed by atoms with Gasteiger partial charge in [-0.05, 0) is 48.2 Å². The van der Waals surface area contributed by atoms with Crippen LogP contribution in [0.5, 0.6) is 11.5 Å². The normalized spacial score (nSPS) is 11.4. The van der Waals surface area contributed by atoms with Gasteiger partial charge in [0.25, 0.3) is 15.9 Å². The zero-order valence-corrected chi connectivity index (χ0v) is 19.5. The molecule has 10 heteroatoms. The molecule has 0 saturated carbocycles. The average molecular weight is 472 g/mol. The number of hydrogen-bond donors (Lipinski definition) is 0. The molecule has 0 radical (unpaired) electrons. The van der Waals surface area contributed by atoms with Crippen LogP contribution in [0.1, 0.15) is 5.56 Å². The first kappa shape index (κ1) is 21.8. The maximum atomic E-state index is 13.4. The van der Waals surface area contributed by atoms with Crippen LogP contribution in [0.3, 0.4) is 0 Å². The Morgan fingerprint density at radius 2 is 1.75 bits per heavy atom. The number of methoxy groups -OCH3 is 2. The molecule has 2 aromatic carbocycles. The summed E-state index contributed by atoms with van der Waals surface area (Å²) in [6.07, 6.45) is 0. The van der Waals surface area contributed by atoms with E-state index in [0.717, 1.165) is 5.56 Å². The number of aryl methyl sites for hydroxylation is 1. The van der Waals surface area contributed by atoms with E-state index >= 15 is 0 Å². The van der Waals surface area contributed by atoms with Crippen molar-refractivity contribution in [3.8, 4) is 33.7 Å². The average Bonchev–Trinajstić information content (AvgIpc) is 3.48. The molecule has 0 N–H and O–H groups in total. The molecule has 32 heavy (non-hydrogen) atoms. The topological polar surface area (TPSA) is 94.8 Å². The molecule has 0 bridgehead atoms. The molecule has 2 heterocycles. The minimum Gasteiger partial charge on any atom is -0.497 e. The van der Waals surface area contributed by atoms with E-state index < -0.39 is 10.0 Å². The van der Waals surface area contributed by atoms with Gasteiger partial charge in [0.05, 0.1) is 19.9 Å². The van der Waals surface area contributed by atoms with Crippen LogP contribution in [0.25, 0.3) is 22.2 Å². The van der Waals surface area contributed by atoms with Gasteiger partial charge in [-0.25, -0.2) is 8.42 Å². The highest BCUT2D eigenvalue weighted by molar-refractivity contribution is 7.93. The standard InChI is InChI=1S/C22H21N3O5S2/c1-14-6-5-7-16(10-14)25(2)32(26,27)19-8-9-31-20(19)22-23-21(24-30-22)15-11-17(28-3)13-18(12-15)29-4/h5-13H,1-4H3. The van der Waals surface area contributed by atoms with Gasteiger partial charge in [0.2, 0.25) is 5.82 Å². The van der Waals surface area contributed by atoms with Gasteiger partial charge in [-0.2, -0.15) is 4.98 Å². The molecule has 0 amide bonds. The van der Waals surface area contributed by atoms with Crippen molar-refractivity contribution in [2.24, 2.45) is 0 Å². The number of benzene rings is 2. The predicted molar refractivity (Wildman–Crippen MR) is 123 cm³/mol. The minimum absolute atomic E-state index is 0.102. The van der Waals surface area contributed by atoms with Crippen LogP contribution in [-0.2, 0) is 10.0 Å². The SMILES string of the molecule is COc1cc(OC)cc(-c2noc(-c3sccc3S(=O)(=O)N(C)c3cccc(C)c3)n2)c1. The van der Waals surface area contributed by atoms with E-state index in [1.807, 2.05) is 25.1 Å². The third-order valence-electron chi connectivity index (χ3n) is 4.86. The number of nitrogens with zero attached hydrogens (tertiary/aromatic N) is 3. The zero-order valence-electron chi connectivity index (χ0n) is 17.9. The molecule has 0 fully saturated rings. The highest BCUT2D eigenvalue weighted by Gasteiger charge is 2.28. The van der Waals surface area contributed by atoms with Gasteiger partial charge >= 0.3 is 0 Å². The van der Waals surface area contributed by atoms with Crippen molar-refractivity contribution < 1.29 is 22.4 Å². The fourth-order valence-corrected chi connectivity index (χ4v) is 5.64. The quantitative estimate of drug-likeness (QED) is 0.388. The lowest BCUT2D eigenvalue weighted by Gasteiger charge is -2.19. The molecule has 0 spiro atoms. The molecule has 0 atom stereocenters. The molecule has 0 aliphatic carbocycles. The Hall–Kier alpha value is -3.37. The number of thiophene rings is 1. The minimum atomic E-state index is -3.85. The van der Waals surface area contributed by atoms with E-state index in [4.69, 9.17) is 14.0 Å². The number of ether oxygens (including phenoxy) is 2. The number of hydrogen-bond acceptors (Lipinski definition) is 8. The number of sulfonamides is 1. The Labute approximate surface area is 190 Å². The van der Waals surface area contributed by atoms with Gasteiger partial charge in [-0.1, -0.05) is 17.3 Å². The Morgan fingerprint density at radius 1 is 1.03 bits per heavy atom. The summed E-state index contributed by atoms with van der Waals surface area (Å²) in [5.74, 6) is 1.56. The smallest absolute Gasteiger partial charge is 0.269 e. The van der Waals surface area contributed by atoms with Crippen molar-refractivity contribution in [2.75, 3.05) is 25.6 Å². The second kappa shape index (κ2) is 8.64. The fourth-order valence-electron chi connectivity index (χ4n) is 3.14. The summed E-state index contributed by atoms with van der Waals surface area (Å²) in [6, 6.07) is 14.0. The second-order valence-electron chi connectivity index (χ2n) is 6.95. The molecular weight excluding hydrogens is 450 g/mol. The van der Waals surface area contributed by atoms with Crippen molar-refractivity contribution in [3.05, 3.63) is 59.5 Å². The van der Waals surface area contributed by atoms with Crippen molar-refractivity contribution in [1.82, 2.24) is 10.1 Å². The van der Waals surface area contributed by atoms with Gasteiger partial charge in [0.1, 0.15) is 21.3 Å². The first-order chi connectivity index (χ1) is 15.3. The summed E-state index contributed by atoms with van der Waals surface area (Å²) in [6.45, 7) is 1.91. The fraction of sp³-hybridized carbons (Fsp3) is 0.182. The summed E-state index contributed by atoms with van der Waals surface area (Å²) in [5, 5.41) is 5.72. The summed E-state index contributed by atoms with van der Waals surface area (Å²) < 4.78 is 44.0. The van der Waals surface area contributed by atoms with Crippen molar-refractivity contribution in [1.29, 1.82) is 0 Å². The molecule has 4 aromatic rings. The summed E-state index contributed by atoms with van der Waals surface area (Å²) in [5.41, 5.74) is 2.15. The van der Waals surface area contributed by atoms with Gasteiger partial charge in [-0.3, -0.25) is 4.31 Å². The molecule has 0 aliphatic rings. The van der Waals surface area contributed by atoms with Gasteiger partial charge < -0.3 is 14.0 Å². The van der Waals surface area contributed by atoms with Gasteiger partial charge in [-0.15, -0.1) is 11.3 Å². The molecule has 166 valence electrons. The maximum absolute atomic E-state index is 13.4. The maximum Gasteiger partial charge on any atom is 0.269 e. The Bertz CT molecular complexity index is 1340. The Kier molecular flexibility index (Phi) is 5.90. The molecule has 2 aromatic heterocycles. The van der Waals surface area contributed by atoms with Gasteiger partial charge in [0.15, 0.2) is 0 Å².